The molecule has 1 aliphatic heterocycles. The van der Waals surface area contributed by atoms with Gasteiger partial charge in [-0.05, 0) is 44.0 Å². The molecule has 20 heavy (non-hydrogen) atoms. The first-order valence-corrected chi connectivity index (χ1v) is 6.55. The van der Waals surface area contributed by atoms with Crippen LogP contribution in [-0.4, -0.2) is 43.2 Å². The van der Waals surface area contributed by atoms with Gasteiger partial charge in [0.25, 0.3) is 5.91 Å². The Hall–Kier alpha value is -1.50. The molecule has 1 amide bonds. The number of hydrogen-bond donors (Lipinski definition) is 1. The van der Waals surface area contributed by atoms with Crippen LogP contribution in [0.4, 0.5) is 13.2 Å². The molecular formula is C13H17F3N2O2. The van der Waals surface area contributed by atoms with E-state index in [9.17, 15) is 18.0 Å². The van der Waals surface area contributed by atoms with Crippen molar-refractivity contribution >= 4 is 5.91 Å². The number of halogens is 3. The maximum absolute atomic E-state index is 12.2. The van der Waals surface area contributed by atoms with Crippen molar-refractivity contribution in [3.8, 4) is 0 Å². The molecule has 0 saturated carbocycles. The van der Waals surface area contributed by atoms with E-state index in [0.717, 1.165) is 0 Å². The zero-order valence-electron chi connectivity index (χ0n) is 10.9. The van der Waals surface area contributed by atoms with E-state index in [0.29, 0.717) is 32.5 Å². The number of nitrogens with zero attached hydrogens (tertiary/aromatic N) is 1. The van der Waals surface area contributed by atoms with E-state index in [1.165, 1.54) is 11.2 Å². The van der Waals surface area contributed by atoms with E-state index in [-0.39, 0.29) is 17.6 Å². The minimum Gasteiger partial charge on any atom is -0.459 e. The van der Waals surface area contributed by atoms with Crippen molar-refractivity contribution in [1.29, 1.82) is 0 Å². The Morgan fingerprint density at radius 2 is 2.10 bits per heavy atom. The van der Waals surface area contributed by atoms with Gasteiger partial charge in [-0.15, -0.1) is 0 Å². The fourth-order valence-electron chi connectivity index (χ4n) is 2.33. The molecule has 1 N–H and O–H groups in total. The zero-order valence-corrected chi connectivity index (χ0v) is 10.9. The topological polar surface area (TPSA) is 45.5 Å². The summed E-state index contributed by atoms with van der Waals surface area (Å²) >= 11 is 0. The van der Waals surface area contributed by atoms with Crippen molar-refractivity contribution in [2.45, 2.75) is 19.0 Å². The van der Waals surface area contributed by atoms with Crippen molar-refractivity contribution in [1.82, 2.24) is 10.2 Å². The van der Waals surface area contributed by atoms with Crippen LogP contribution in [0.3, 0.4) is 0 Å². The lowest BCUT2D eigenvalue weighted by Gasteiger charge is -2.32. The Bertz CT molecular complexity index is 423. The number of piperidine rings is 1. The van der Waals surface area contributed by atoms with E-state index in [2.05, 4.69) is 5.32 Å². The molecule has 1 fully saturated rings. The normalized spacial score (nSPS) is 18.1. The smallest absolute Gasteiger partial charge is 0.401 e. The van der Waals surface area contributed by atoms with Gasteiger partial charge in [-0.1, -0.05) is 0 Å². The predicted molar refractivity (Wildman–Crippen MR) is 66.3 cm³/mol. The average Bonchev–Trinajstić information content (AvgIpc) is 2.89. The largest absolute Gasteiger partial charge is 0.459 e. The number of likely N-dealkylation sites (tertiary alicyclic amines) is 1. The molecule has 7 heteroatoms. The van der Waals surface area contributed by atoms with Gasteiger partial charge < -0.3 is 9.73 Å². The maximum atomic E-state index is 12.2. The lowest BCUT2D eigenvalue weighted by atomic mass is 9.97. The monoisotopic (exact) mass is 290 g/mol. The summed E-state index contributed by atoms with van der Waals surface area (Å²) in [6.45, 7) is 0.458. The molecule has 0 spiro atoms. The molecule has 2 heterocycles. The van der Waals surface area contributed by atoms with Gasteiger partial charge in [0.1, 0.15) is 0 Å². The Kier molecular flexibility index (Phi) is 4.69. The standard InChI is InChI=1S/C13H17F3N2O2/c14-13(15,16)9-18-5-3-10(4-6-18)8-17-12(19)11-2-1-7-20-11/h1-2,7,10H,3-6,8-9H2,(H,17,19). The number of furan rings is 1. The van der Waals surface area contributed by atoms with Gasteiger partial charge in [0.15, 0.2) is 5.76 Å². The van der Waals surface area contributed by atoms with E-state index < -0.39 is 12.7 Å². The molecule has 2 rings (SSSR count). The lowest BCUT2D eigenvalue weighted by molar-refractivity contribution is -0.148. The van der Waals surface area contributed by atoms with Crippen molar-refractivity contribution in [3.63, 3.8) is 0 Å². The molecule has 0 atom stereocenters. The van der Waals surface area contributed by atoms with Crippen LogP contribution in [0.1, 0.15) is 23.4 Å². The summed E-state index contributed by atoms with van der Waals surface area (Å²) in [4.78, 5) is 13.0. The minimum absolute atomic E-state index is 0.221. The van der Waals surface area contributed by atoms with E-state index in [1.54, 1.807) is 12.1 Å². The van der Waals surface area contributed by atoms with Crippen molar-refractivity contribution in [2.75, 3.05) is 26.2 Å². The summed E-state index contributed by atoms with van der Waals surface area (Å²) in [6, 6.07) is 3.20. The fourth-order valence-corrected chi connectivity index (χ4v) is 2.33. The van der Waals surface area contributed by atoms with E-state index in [4.69, 9.17) is 4.42 Å². The molecule has 0 aromatic carbocycles. The number of hydrogen-bond acceptors (Lipinski definition) is 3. The summed E-state index contributed by atoms with van der Waals surface area (Å²) in [6.07, 6.45) is -1.39. The fraction of sp³-hybridized carbons (Fsp3) is 0.615. The molecule has 112 valence electrons. The Labute approximate surface area is 114 Å². The van der Waals surface area contributed by atoms with E-state index >= 15 is 0 Å². The average molecular weight is 290 g/mol. The number of nitrogens with one attached hydrogen (secondary N) is 1. The molecule has 1 aromatic heterocycles. The number of carbonyl (C=O) groups excluding carboxylic acids is 1. The molecule has 4 nitrogen and oxygen atoms in total. The van der Waals surface area contributed by atoms with Gasteiger partial charge in [0.05, 0.1) is 12.8 Å². The molecule has 1 aliphatic rings. The van der Waals surface area contributed by atoms with Crippen LogP contribution in [0.25, 0.3) is 0 Å². The summed E-state index contributed by atoms with van der Waals surface area (Å²) in [5.74, 6) is 0.186. The Morgan fingerprint density at radius 3 is 2.65 bits per heavy atom. The van der Waals surface area contributed by atoms with Gasteiger partial charge in [0.2, 0.25) is 0 Å². The number of amides is 1. The number of carbonyl (C=O) groups is 1. The molecule has 0 aliphatic carbocycles. The third-order valence-electron chi connectivity index (χ3n) is 3.41. The van der Waals surface area contributed by atoms with Crippen molar-refractivity contribution in [3.05, 3.63) is 24.2 Å². The van der Waals surface area contributed by atoms with Gasteiger partial charge >= 0.3 is 6.18 Å². The highest BCUT2D eigenvalue weighted by atomic mass is 19.4. The first kappa shape index (κ1) is 14.9. The van der Waals surface area contributed by atoms with Crippen LogP contribution in [-0.2, 0) is 0 Å². The minimum atomic E-state index is -4.14. The highest BCUT2D eigenvalue weighted by Gasteiger charge is 2.32. The van der Waals surface area contributed by atoms with Gasteiger partial charge in [0, 0.05) is 6.54 Å². The van der Waals surface area contributed by atoms with Crippen LogP contribution < -0.4 is 5.32 Å². The van der Waals surface area contributed by atoms with Crippen molar-refractivity contribution in [2.24, 2.45) is 5.92 Å². The highest BCUT2D eigenvalue weighted by molar-refractivity contribution is 5.91. The highest BCUT2D eigenvalue weighted by Crippen LogP contribution is 2.22. The Morgan fingerprint density at radius 1 is 1.40 bits per heavy atom. The molecule has 1 saturated heterocycles. The summed E-state index contributed by atoms with van der Waals surface area (Å²) in [7, 11) is 0. The SMILES string of the molecule is O=C(NCC1CCN(CC(F)(F)F)CC1)c1ccco1. The van der Waals surface area contributed by atoms with Gasteiger partial charge in [-0.3, -0.25) is 9.69 Å². The molecule has 0 unspecified atom stereocenters. The molecule has 0 radical (unpaired) electrons. The zero-order chi connectivity index (χ0) is 14.6. The lowest BCUT2D eigenvalue weighted by Crippen LogP contribution is -2.42. The second-order valence-corrected chi connectivity index (χ2v) is 5.02. The number of alkyl halides is 3. The maximum Gasteiger partial charge on any atom is 0.401 e. The summed E-state index contributed by atoms with van der Waals surface area (Å²) < 4.78 is 41.7. The van der Waals surface area contributed by atoms with Gasteiger partial charge in [-0.25, -0.2) is 0 Å². The third kappa shape index (κ3) is 4.56. The third-order valence-corrected chi connectivity index (χ3v) is 3.41. The van der Waals surface area contributed by atoms with Crippen LogP contribution in [0.15, 0.2) is 22.8 Å². The van der Waals surface area contributed by atoms with Gasteiger partial charge in [-0.2, -0.15) is 13.2 Å². The molecule has 0 bridgehead atoms. The quantitative estimate of drug-likeness (QED) is 0.925. The Balaban J connectivity index is 1.68. The second kappa shape index (κ2) is 6.30. The van der Waals surface area contributed by atoms with Crippen LogP contribution in [0.2, 0.25) is 0 Å². The first-order valence-electron chi connectivity index (χ1n) is 6.55. The van der Waals surface area contributed by atoms with Crippen LogP contribution in [0, 0.1) is 5.92 Å². The summed E-state index contributed by atoms with van der Waals surface area (Å²) in [5.41, 5.74) is 0. The first-order chi connectivity index (χ1) is 9.44. The number of rotatable bonds is 4. The van der Waals surface area contributed by atoms with Crippen LogP contribution in [0.5, 0.6) is 0 Å². The van der Waals surface area contributed by atoms with Crippen LogP contribution >= 0.6 is 0 Å². The second-order valence-electron chi connectivity index (χ2n) is 5.02. The molecule has 1 aromatic rings. The van der Waals surface area contributed by atoms with Crippen molar-refractivity contribution < 1.29 is 22.4 Å². The molecular weight excluding hydrogens is 273 g/mol. The van der Waals surface area contributed by atoms with E-state index in [1.807, 2.05) is 0 Å². The predicted octanol–water partition coefficient (Wildman–Crippen LogP) is 2.28. The summed E-state index contributed by atoms with van der Waals surface area (Å²) in [5, 5.41) is 2.74.